The standard InChI is InChI=1S/C17H25ClN2/c1-12-4-3-9-20(13(12)2)17-10-15(18)6-5-14(17)11-19-16-7-8-16/h5-6,10,12-13,16,19H,3-4,7-9,11H2,1-2H3. The van der Waals surface area contributed by atoms with Crippen molar-refractivity contribution in [3.63, 3.8) is 0 Å². The molecule has 3 rings (SSSR count). The van der Waals surface area contributed by atoms with Crippen molar-refractivity contribution >= 4 is 17.3 Å². The van der Waals surface area contributed by atoms with Crippen LogP contribution in [0.25, 0.3) is 0 Å². The normalized spacial score (nSPS) is 26.9. The molecule has 0 radical (unpaired) electrons. The minimum atomic E-state index is 0.599. The second kappa shape index (κ2) is 5.95. The molecule has 1 N–H and O–H groups in total. The second-order valence-corrected chi connectivity index (χ2v) is 6.92. The SMILES string of the molecule is CC1CCCN(c2cc(Cl)ccc2CNC2CC2)C1C. The Hall–Kier alpha value is -0.730. The van der Waals surface area contributed by atoms with E-state index in [1.54, 1.807) is 0 Å². The molecule has 2 nitrogen and oxygen atoms in total. The first-order valence-electron chi connectivity index (χ1n) is 7.93. The number of benzene rings is 1. The number of anilines is 1. The van der Waals surface area contributed by atoms with Gasteiger partial charge in [-0.1, -0.05) is 24.6 Å². The van der Waals surface area contributed by atoms with E-state index < -0.39 is 0 Å². The zero-order valence-electron chi connectivity index (χ0n) is 12.5. The van der Waals surface area contributed by atoms with Crippen molar-refractivity contribution in [3.8, 4) is 0 Å². The maximum absolute atomic E-state index is 6.25. The van der Waals surface area contributed by atoms with Gasteiger partial charge < -0.3 is 10.2 Å². The summed E-state index contributed by atoms with van der Waals surface area (Å²) in [5.74, 6) is 0.756. The van der Waals surface area contributed by atoms with Crippen LogP contribution in [0, 0.1) is 5.92 Å². The number of hydrogen-bond donors (Lipinski definition) is 1. The molecule has 0 bridgehead atoms. The highest BCUT2D eigenvalue weighted by molar-refractivity contribution is 6.30. The van der Waals surface area contributed by atoms with Crippen molar-refractivity contribution < 1.29 is 0 Å². The lowest BCUT2D eigenvalue weighted by molar-refractivity contribution is 0.363. The van der Waals surface area contributed by atoms with Gasteiger partial charge in [0.2, 0.25) is 0 Å². The minimum absolute atomic E-state index is 0.599. The Labute approximate surface area is 127 Å². The lowest BCUT2D eigenvalue weighted by atomic mass is 9.91. The van der Waals surface area contributed by atoms with E-state index in [1.165, 1.54) is 36.9 Å². The zero-order valence-corrected chi connectivity index (χ0v) is 13.3. The Balaban J connectivity index is 1.83. The summed E-state index contributed by atoms with van der Waals surface area (Å²) in [6.07, 6.45) is 5.29. The van der Waals surface area contributed by atoms with Crippen molar-refractivity contribution in [3.05, 3.63) is 28.8 Å². The van der Waals surface area contributed by atoms with Crippen molar-refractivity contribution in [2.24, 2.45) is 5.92 Å². The Morgan fingerprint density at radius 3 is 2.80 bits per heavy atom. The number of piperidine rings is 1. The lowest BCUT2D eigenvalue weighted by Gasteiger charge is -2.40. The van der Waals surface area contributed by atoms with Gasteiger partial charge in [-0.15, -0.1) is 0 Å². The molecule has 0 amide bonds. The van der Waals surface area contributed by atoms with E-state index in [-0.39, 0.29) is 0 Å². The van der Waals surface area contributed by atoms with Gasteiger partial charge >= 0.3 is 0 Å². The lowest BCUT2D eigenvalue weighted by Crippen LogP contribution is -2.43. The fraction of sp³-hybridized carbons (Fsp3) is 0.647. The number of halogens is 1. The van der Waals surface area contributed by atoms with Crippen LogP contribution in [-0.4, -0.2) is 18.6 Å². The Kier molecular flexibility index (Phi) is 4.23. The molecule has 1 aliphatic heterocycles. The van der Waals surface area contributed by atoms with E-state index in [0.717, 1.165) is 30.1 Å². The van der Waals surface area contributed by atoms with Gasteiger partial charge in [-0.2, -0.15) is 0 Å². The molecule has 1 saturated heterocycles. The van der Waals surface area contributed by atoms with Crippen LogP contribution in [0.3, 0.4) is 0 Å². The molecule has 1 saturated carbocycles. The molecule has 20 heavy (non-hydrogen) atoms. The van der Waals surface area contributed by atoms with Crippen LogP contribution in [-0.2, 0) is 6.54 Å². The summed E-state index contributed by atoms with van der Waals surface area (Å²) in [6, 6.07) is 7.71. The average Bonchev–Trinajstić information content (AvgIpc) is 3.25. The quantitative estimate of drug-likeness (QED) is 0.894. The Bertz CT molecular complexity index is 470. The monoisotopic (exact) mass is 292 g/mol. The fourth-order valence-corrected chi connectivity index (χ4v) is 3.34. The summed E-state index contributed by atoms with van der Waals surface area (Å²) < 4.78 is 0. The largest absolute Gasteiger partial charge is 0.368 e. The first-order valence-corrected chi connectivity index (χ1v) is 8.31. The van der Waals surface area contributed by atoms with E-state index >= 15 is 0 Å². The third kappa shape index (κ3) is 3.12. The maximum atomic E-state index is 6.25. The van der Waals surface area contributed by atoms with E-state index in [0.29, 0.717) is 6.04 Å². The second-order valence-electron chi connectivity index (χ2n) is 6.48. The Morgan fingerprint density at radius 1 is 1.25 bits per heavy atom. The van der Waals surface area contributed by atoms with Gasteiger partial charge in [0.1, 0.15) is 0 Å². The predicted octanol–water partition coefficient (Wildman–Crippen LogP) is 4.22. The van der Waals surface area contributed by atoms with Crippen molar-refractivity contribution in [1.29, 1.82) is 0 Å². The van der Waals surface area contributed by atoms with Gasteiger partial charge in [0.15, 0.2) is 0 Å². The topological polar surface area (TPSA) is 15.3 Å². The molecular weight excluding hydrogens is 268 g/mol. The third-order valence-electron chi connectivity index (χ3n) is 4.89. The number of hydrogen-bond acceptors (Lipinski definition) is 2. The van der Waals surface area contributed by atoms with E-state index in [4.69, 9.17) is 11.6 Å². The van der Waals surface area contributed by atoms with Crippen molar-refractivity contribution in [2.45, 2.75) is 58.2 Å². The molecule has 2 atom stereocenters. The number of rotatable bonds is 4. The molecule has 2 fully saturated rings. The first kappa shape index (κ1) is 14.2. The van der Waals surface area contributed by atoms with Crippen LogP contribution >= 0.6 is 11.6 Å². The molecule has 1 aromatic carbocycles. The minimum Gasteiger partial charge on any atom is -0.368 e. The molecule has 1 aromatic rings. The molecule has 1 aliphatic carbocycles. The van der Waals surface area contributed by atoms with Crippen LogP contribution < -0.4 is 10.2 Å². The zero-order chi connectivity index (χ0) is 14.1. The Morgan fingerprint density at radius 2 is 2.05 bits per heavy atom. The maximum Gasteiger partial charge on any atom is 0.0429 e. The fourth-order valence-electron chi connectivity index (χ4n) is 3.17. The summed E-state index contributed by atoms with van der Waals surface area (Å²) in [5.41, 5.74) is 2.73. The molecule has 2 unspecified atom stereocenters. The summed E-state index contributed by atoms with van der Waals surface area (Å²) in [6.45, 7) is 6.84. The highest BCUT2D eigenvalue weighted by atomic mass is 35.5. The molecule has 110 valence electrons. The summed E-state index contributed by atoms with van der Waals surface area (Å²) in [4.78, 5) is 2.56. The van der Waals surface area contributed by atoms with Crippen LogP contribution in [0.1, 0.15) is 45.1 Å². The summed E-state index contributed by atoms with van der Waals surface area (Å²) in [5, 5.41) is 4.48. The van der Waals surface area contributed by atoms with Crippen LogP contribution in [0.2, 0.25) is 5.02 Å². The highest BCUT2D eigenvalue weighted by Gasteiger charge is 2.27. The third-order valence-corrected chi connectivity index (χ3v) is 5.12. The number of nitrogens with one attached hydrogen (secondary N) is 1. The van der Waals surface area contributed by atoms with Gasteiger partial charge in [-0.3, -0.25) is 0 Å². The van der Waals surface area contributed by atoms with Crippen LogP contribution in [0.15, 0.2) is 18.2 Å². The van der Waals surface area contributed by atoms with Crippen molar-refractivity contribution in [1.82, 2.24) is 5.32 Å². The van der Waals surface area contributed by atoms with Crippen LogP contribution in [0.4, 0.5) is 5.69 Å². The molecule has 0 aromatic heterocycles. The van der Waals surface area contributed by atoms with Gasteiger partial charge in [-0.25, -0.2) is 0 Å². The van der Waals surface area contributed by atoms with Crippen molar-refractivity contribution in [2.75, 3.05) is 11.4 Å². The number of nitrogens with zero attached hydrogens (tertiary/aromatic N) is 1. The molecular formula is C17H25ClN2. The van der Waals surface area contributed by atoms with Crippen LogP contribution in [0.5, 0.6) is 0 Å². The smallest absolute Gasteiger partial charge is 0.0429 e. The summed E-state index contributed by atoms with van der Waals surface area (Å²) in [7, 11) is 0. The van der Waals surface area contributed by atoms with E-state index in [1.807, 2.05) is 6.07 Å². The predicted molar refractivity (Wildman–Crippen MR) is 86.5 cm³/mol. The highest BCUT2D eigenvalue weighted by Crippen LogP contribution is 2.33. The van der Waals surface area contributed by atoms with E-state index in [2.05, 4.69) is 36.2 Å². The first-order chi connectivity index (χ1) is 9.65. The van der Waals surface area contributed by atoms with Gasteiger partial charge in [0.05, 0.1) is 0 Å². The summed E-state index contributed by atoms with van der Waals surface area (Å²) >= 11 is 6.25. The molecule has 1 heterocycles. The van der Waals surface area contributed by atoms with Gasteiger partial charge in [-0.05, 0) is 56.2 Å². The van der Waals surface area contributed by atoms with Gasteiger partial charge in [0, 0.05) is 35.9 Å². The van der Waals surface area contributed by atoms with Gasteiger partial charge in [0.25, 0.3) is 0 Å². The average molecular weight is 293 g/mol. The molecule has 3 heteroatoms. The molecule has 2 aliphatic rings. The van der Waals surface area contributed by atoms with E-state index in [9.17, 15) is 0 Å². The molecule has 0 spiro atoms.